The van der Waals surface area contributed by atoms with Gasteiger partial charge >= 0.3 is 5.97 Å². The Labute approximate surface area is 112 Å². The van der Waals surface area contributed by atoms with E-state index in [1.54, 1.807) is 4.90 Å². The number of rotatable bonds is 5. The lowest BCUT2D eigenvalue weighted by molar-refractivity contribution is -0.139. The fourth-order valence-electron chi connectivity index (χ4n) is 1.68. The number of carbonyl (C=O) groups excluding carboxylic acids is 1. The van der Waals surface area contributed by atoms with Crippen LogP contribution in [0.3, 0.4) is 0 Å². The maximum Gasteiger partial charge on any atom is 0.324 e. The minimum atomic E-state index is -3.86. The Bertz CT molecular complexity index is 452. The van der Waals surface area contributed by atoms with E-state index in [4.69, 9.17) is 5.11 Å². The molecule has 7 nitrogen and oxygen atoms in total. The molecule has 19 heavy (non-hydrogen) atoms. The van der Waals surface area contributed by atoms with E-state index >= 15 is 0 Å². The minimum Gasteiger partial charge on any atom is -0.480 e. The summed E-state index contributed by atoms with van der Waals surface area (Å²) in [5.41, 5.74) is 0. The Hall–Kier alpha value is -1.15. The Morgan fingerprint density at radius 2 is 1.79 bits per heavy atom. The maximum absolute atomic E-state index is 11.9. The molecule has 1 amide bonds. The van der Waals surface area contributed by atoms with Gasteiger partial charge in [-0.15, -0.1) is 0 Å². The van der Waals surface area contributed by atoms with Gasteiger partial charge in [0.25, 0.3) is 0 Å². The highest BCUT2D eigenvalue weighted by molar-refractivity contribution is 7.93. The summed E-state index contributed by atoms with van der Waals surface area (Å²) in [6.45, 7) is 4.78. The molecule has 1 aliphatic rings. The molecule has 0 aromatic carbocycles. The summed E-state index contributed by atoms with van der Waals surface area (Å²) in [6, 6.07) is 0. The summed E-state index contributed by atoms with van der Waals surface area (Å²) in [7, 11) is -3.86. The number of nitrogens with one attached hydrogen (secondary N) is 1. The number of hydrogen-bond donors (Lipinski definition) is 2. The van der Waals surface area contributed by atoms with Crippen LogP contribution in [0, 0.1) is 0 Å². The lowest BCUT2D eigenvalue weighted by atomic mass is 10.2. The minimum absolute atomic E-state index is 0.168. The van der Waals surface area contributed by atoms with Crippen molar-refractivity contribution >= 4 is 21.7 Å². The summed E-state index contributed by atoms with van der Waals surface area (Å²) in [5, 5.41) is 12.0. The van der Waals surface area contributed by atoms with E-state index in [1.165, 1.54) is 0 Å². The van der Waals surface area contributed by atoms with Gasteiger partial charge in [0.15, 0.2) is 14.6 Å². The molecule has 0 radical (unpaired) electrons. The predicted molar refractivity (Wildman–Crippen MR) is 69.6 cm³/mol. The highest BCUT2D eigenvalue weighted by atomic mass is 32.2. The third-order valence-corrected chi connectivity index (χ3v) is 5.82. The van der Waals surface area contributed by atoms with Gasteiger partial charge in [-0.1, -0.05) is 0 Å². The first-order valence-electron chi connectivity index (χ1n) is 6.12. The molecule has 0 unspecified atom stereocenters. The number of hydrogen-bond acceptors (Lipinski definition) is 5. The van der Waals surface area contributed by atoms with Crippen molar-refractivity contribution < 1.29 is 23.1 Å². The molecule has 1 aliphatic heterocycles. The molecule has 0 aromatic rings. The zero-order chi connectivity index (χ0) is 14.7. The summed E-state index contributed by atoms with van der Waals surface area (Å²) in [4.78, 5) is 24.4. The van der Waals surface area contributed by atoms with E-state index in [2.05, 4.69) is 5.32 Å². The van der Waals surface area contributed by atoms with Gasteiger partial charge in [0.05, 0.1) is 5.75 Å². The van der Waals surface area contributed by atoms with Crippen LogP contribution in [0.4, 0.5) is 0 Å². The first kappa shape index (κ1) is 15.9. The number of amides is 1. The second-order valence-electron chi connectivity index (χ2n) is 5.02. The van der Waals surface area contributed by atoms with Crippen molar-refractivity contribution in [2.75, 3.05) is 31.9 Å². The molecule has 0 atom stereocenters. The molecular formula is C11H20N2O5S. The summed E-state index contributed by atoms with van der Waals surface area (Å²) in [5.74, 6) is -2.08. The topological polar surface area (TPSA) is 104 Å². The van der Waals surface area contributed by atoms with Crippen molar-refractivity contribution in [1.29, 1.82) is 0 Å². The highest BCUT2D eigenvalue weighted by Gasteiger charge is 2.41. The van der Waals surface area contributed by atoms with Crippen molar-refractivity contribution in [3.63, 3.8) is 0 Å². The van der Waals surface area contributed by atoms with Crippen LogP contribution in [0.25, 0.3) is 0 Å². The lowest BCUT2D eigenvalue weighted by Gasteiger charge is -2.28. The van der Waals surface area contributed by atoms with Gasteiger partial charge < -0.3 is 15.3 Å². The van der Waals surface area contributed by atoms with Gasteiger partial charge in [0.1, 0.15) is 0 Å². The number of carbonyl (C=O) groups is 2. The normalized spacial score (nSPS) is 17.3. The monoisotopic (exact) mass is 292 g/mol. The van der Waals surface area contributed by atoms with Crippen molar-refractivity contribution in [2.45, 2.75) is 25.0 Å². The Morgan fingerprint density at radius 1 is 1.26 bits per heavy atom. The van der Waals surface area contributed by atoms with Crippen molar-refractivity contribution in [3.8, 4) is 0 Å². The first-order chi connectivity index (χ1) is 8.68. The number of piperazine rings is 1. The second kappa shape index (κ2) is 5.87. The second-order valence-corrected chi connectivity index (χ2v) is 7.67. The van der Waals surface area contributed by atoms with Crippen molar-refractivity contribution in [2.24, 2.45) is 0 Å². The number of sulfone groups is 1. The van der Waals surface area contributed by atoms with E-state index in [0.717, 1.165) is 13.8 Å². The molecule has 0 bridgehead atoms. The molecule has 1 fully saturated rings. The number of carboxylic acids is 1. The third kappa shape index (κ3) is 3.66. The summed E-state index contributed by atoms with van der Waals surface area (Å²) in [6.07, 6.45) is -0.168. The Morgan fingerprint density at radius 3 is 2.26 bits per heavy atom. The Balaban J connectivity index is 2.60. The number of aliphatic carboxylic acids is 1. The molecule has 1 rings (SSSR count). The molecule has 2 N–H and O–H groups in total. The first-order valence-corrected chi connectivity index (χ1v) is 7.78. The van der Waals surface area contributed by atoms with Gasteiger partial charge in [-0.2, -0.15) is 0 Å². The molecule has 1 heterocycles. The van der Waals surface area contributed by atoms with Crippen LogP contribution in [0.5, 0.6) is 0 Å². The fraction of sp³-hybridized carbons (Fsp3) is 0.818. The smallest absolute Gasteiger partial charge is 0.324 e. The SMILES string of the molecule is CC(C)(C(=O)O)S(=O)(=O)CCC(=O)N1CCNCC1. The van der Waals surface area contributed by atoms with Crippen LogP contribution in [0.1, 0.15) is 20.3 Å². The average molecular weight is 292 g/mol. The molecule has 1 saturated heterocycles. The number of nitrogens with zero attached hydrogens (tertiary/aromatic N) is 1. The van der Waals surface area contributed by atoms with E-state index in [-0.39, 0.29) is 12.3 Å². The van der Waals surface area contributed by atoms with Crippen LogP contribution in [-0.2, 0) is 19.4 Å². The van der Waals surface area contributed by atoms with Crippen LogP contribution in [0.2, 0.25) is 0 Å². The molecular weight excluding hydrogens is 272 g/mol. The van der Waals surface area contributed by atoms with Crippen LogP contribution in [0.15, 0.2) is 0 Å². The Kier molecular flexibility index (Phi) is 4.92. The molecule has 0 aliphatic carbocycles. The van der Waals surface area contributed by atoms with Gasteiger partial charge in [0, 0.05) is 32.6 Å². The van der Waals surface area contributed by atoms with Crippen LogP contribution >= 0.6 is 0 Å². The summed E-state index contributed by atoms with van der Waals surface area (Å²) >= 11 is 0. The lowest BCUT2D eigenvalue weighted by Crippen LogP contribution is -2.47. The van der Waals surface area contributed by atoms with Crippen molar-refractivity contribution in [3.05, 3.63) is 0 Å². The van der Waals surface area contributed by atoms with Crippen LogP contribution < -0.4 is 5.32 Å². The van der Waals surface area contributed by atoms with Gasteiger partial charge in [-0.3, -0.25) is 9.59 Å². The number of carboxylic acid groups (broad SMARTS) is 1. The van der Waals surface area contributed by atoms with Gasteiger partial charge in [-0.05, 0) is 13.8 Å². The predicted octanol–water partition coefficient (Wildman–Crippen LogP) is -0.914. The molecule has 0 spiro atoms. The maximum atomic E-state index is 11.9. The summed E-state index contributed by atoms with van der Waals surface area (Å²) < 4.78 is 22.0. The standard InChI is InChI=1S/C11H20N2O5S/c1-11(2,10(15)16)19(17,18)8-3-9(14)13-6-4-12-5-7-13/h12H,3-8H2,1-2H3,(H,15,16). The molecule has 0 aromatic heterocycles. The van der Waals surface area contributed by atoms with E-state index in [0.29, 0.717) is 26.2 Å². The largest absolute Gasteiger partial charge is 0.480 e. The van der Waals surface area contributed by atoms with E-state index < -0.39 is 26.3 Å². The zero-order valence-electron chi connectivity index (χ0n) is 11.2. The average Bonchev–Trinajstić information content (AvgIpc) is 2.36. The molecule has 8 heteroatoms. The van der Waals surface area contributed by atoms with E-state index in [1.807, 2.05) is 0 Å². The van der Waals surface area contributed by atoms with E-state index in [9.17, 15) is 18.0 Å². The van der Waals surface area contributed by atoms with Crippen molar-refractivity contribution in [1.82, 2.24) is 10.2 Å². The molecule has 110 valence electrons. The van der Waals surface area contributed by atoms with Gasteiger partial charge in [-0.25, -0.2) is 8.42 Å². The third-order valence-electron chi connectivity index (χ3n) is 3.35. The van der Waals surface area contributed by atoms with Gasteiger partial charge in [0.2, 0.25) is 5.91 Å². The quantitative estimate of drug-likeness (QED) is 0.679. The molecule has 0 saturated carbocycles. The van der Waals surface area contributed by atoms with Crippen LogP contribution in [-0.4, -0.2) is 67.0 Å². The highest BCUT2D eigenvalue weighted by Crippen LogP contribution is 2.18. The fourth-order valence-corrected chi connectivity index (χ4v) is 2.90. The zero-order valence-corrected chi connectivity index (χ0v) is 12.0.